The molecule has 0 spiro atoms. The second-order valence-electron chi connectivity index (χ2n) is 9.28. The molecule has 1 N–H and O–H groups in total. The van der Waals surface area contributed by atoms with Gasteiger partial charge < -0.3 is 15.0 Å². The number of aryl methyl sites for hydroxylation is 2. The van der Waals surface area contributed by atoms with Crippen LogP contribution in [0.15, 0.2) is 72.8 Å². The van der Waals surface area contributed by atoms with Crippen molar-refractivity contribution in [2.45, 2.75) is 59.2 Å². The maximum atomic E-state index is 13.6. The lowest BCUT2D eigenvalue weighted by Crippen LogP contribution is -2.53. The molecule has 36 heavy (non-hydrogen) atoms. The average molecular weight is 507 g/mol. The molecule has 6 heteroatoms. The number of benzene rings is 3. The number of hydrogen-bond acceptors (Lipinski definition) is 3. The number of amides is 2. The second-order valence-corrected chi connectivity index (χ2v) is 9.72. The van der Waals surface area contributed by atoms with Gasteiger partial charge >= 0.3 is 0 Å². The summed E-state index contributed by atoms with van der Waals surface area (Å²) in [5, 5.41) is 3.69. The zero-order chi connectivity index (χ0) is 26.1. The molecule has 3 aromatic carbocycles. The quantitative estimate of drug-likeness (QED) is 0.352. The third-order valence-corrected chi connectivity index (χ3v) is 6.35. The first kappa shape index (κ1) is 27.3. The third-order valence-electron chi connectivity index (χ3n) is 6.10. The van der Waals surface area contributed by atoms with Crippen LogP contribution in [-0.2, 0) is 22.6 Å². The van der Waals surface area contributed by atoms with Crippen LogP contribution in [0.4, 0.5) is 0 Å². The number of halogens is 1. The largest absolute Gasteiger partial charge is 0.484 e. The molecular weight excluding hydrogens is 472 g/mol. The van der Waals surface area contributed by atoms with Gasteiger partial charge in [-0.05, 0) is 73.7 Å². The molecule has 0 radical (unpaired) electrons. The van der Waals surface area contributed by atoms with Crippen LogP contribution in [0.1, 0.15) is 42.5 Å². The van der Waals surface area contributed by atoms with Crippen molar-refractivity contribution in [3.05, 3.63) is 100 Å². The SMILES string of the molecule is CC[C@@H](C)NC(=O)[C@H](Cc1ccccc1)N(Cc1ccc(Cl)cc1)C(=O)COc1cc(C)cc(C)c1. The van der Waals surface area contributed by atoms with Crippen LogP contribution in [0, 0.1) is 13.8 Å². The fourth-order valence-electron chi connectivity index (χ4n) is 4.03. The molecule has 0 fully saturated rings. The Morgan fingerprint density at radius 1 is 0.944 bits per heavy atom. The van der Waals surface area contributed by atoms with E-state index in [4.69, 9.17) is 16.3 Å². The summed E-state index contributed by atoms with van der Waals surface area (Å²) in [4.78, 5) is 28.8. The van der Waals surface area contributed by atoms with E-state index < -0.39 is 6.04 Å². The summed E-state index contributed by atoms with van der Waals surface area (Å²) in [6.07, 6.45) is 1.19. The van der Waals surface area contributed by atoms with E-state index in [2.05, 4.69) is 11.4 Å². The Morgan fingerprint density at radius 3 is 2.19 bits per heavy atom. The first-order valence-corrected chi connectivity index (χ1v) is 12.7. The van der Waals surface area contributed by atoms with Gasteiger partial charge in [-0.15, -0.1) is 0 Å². The van der Waals surface area contributed by atoms with Gasteiger partial charge in [-0.25, -0.2) is 0 Å². The van der Waals surface area contributed by atoms with Gasteiger partial charge in [0.2, 0.25) is 5.91 Å². The number of carbonyl (C=O) groups is 2. The Morgan fingerprint density at radius 2 is 1.58 bits per heavy atom. The minimum Gasteiger partial charge on any atom is -0.484 e. The number of hydrogen-bond donors (Lipinski definition) is 1. The topological polar surface area (TPSA) is 58.6 Å². The molecular formula is C30H35ClN2O3. The molecule has 0 heterocycles. The Balaban J connectivity index is 1.91. The summed E-state index contributed by atoms with van der Waals surface area (Å²) in [7, 11) is 0. The zero-order valence-electron chi connectivity index (χ0n) is 21.5. The van der Waals surface area contributed by atoms with Crippen molar-refractivity contribution < 1.29 is 14.3 Å². The van der Waals surface area contributed by atoms with Crippen molar-refractivity contribution >= 4 is 23.4 Å². The van der Waals surface area contributed by atoms with Crippen molar-refractivity contribution in [1.29, 1.82) is 0 Å². The fourth-order valence-corrected chi connectivity index (χ4v) is 4.15. The van der Waals surface area contributed by atoms with Crippen molar-refractivity contribution in [1.82, 2.24) is 10.2 Å². The molecule has 0 saturated heterocycles. The van der Waals surface area contributed by atoms with Crippen LogP contribution in [0.5, 0.6) is 5.75 Å². The van der Waals surface area contributed by atoms with E-state index in [1.54, 1.807) is 17.0 Å². The van der Waals surface area contributed by atoms with E-state index in [0.29, 0.717) is 17.2 Å². The molecule has 0 bridgehead atoms. The van der Waals surface area contributed by atoms with Gasteiger partial charge in [-0.2, -0.15) is 0 Å². The van der Waals surface area contributed by atoms with E-state index in [0.717, 1.165) is 28.7 Å². The van der Waals surface area contributed by atoms with Gasteiger partial charge in [0.25, 0.3) is 5.91 Å². The Bertz CT molecular complexity index is 1130. The van der Waals surface area contributed by atoms with Gasteiger partial charge in [0, 0.05) is 24.0 Å². The number of nitrogens with one attached hydrogen (secondary N) is 1. The normalized spacial score (nSPS) is 12.5. The zero-order valence-corrected chi connectivity index (χ0v) is 22.2. The molecule has 0 saturated carbocycles. The maximum absolute atomic E-state index is 13.6. The number of ether oxygens (including phenoxy) is 1. The molecule has 5 nitrogen and oxygen atoms in total. The lowest BCUT2D eigenvalue weighted by Gasteiger charge is -2.32. The average Bonchev–Trinajstić information content (AvgIpc) is 2.85. The van der Waals surface area contributed by atoms with E-state index in [1.807, 2.05) is 82.3 Å². The summed E-state index contributed by atoms with van der Waals surface area (Å²) < 4.78 is 5.91. The molecule has 3 aromatic rings. The Labute approximate surface area is 219 Å². The van der Waals surface area contributed by atoms with Crippen molar-refractivity contribution in [2.24, 2.45) is 0 Å². The number of nitrogens with zero attached hydrogens (tertiary/aromatic N) is 1. The number of carbonyl (C=O) groups excluding carboxylic acids is 2. The van der Waals surface area contributed by atoms with Gasteiger partial charge in [-0.1, -0.05) is 67.1 Å². The first-order chi connectivity index (χ1) is 17.2. The van der Waals surface area contributed by atoms with Gasteiger partial charge in [-0.3, -0.25) is 9.59 Å². The number of rotatable bonds is 11. The van der Waals surface area contributed by atoms with Crippen LogP contribution in [0.25, 0.3) is 0 Å². The van der Waals surface area contributed by atoms with Crippen LogP contribution in [0.3, 0.4) is 0 Å². The molecule has 2 amide bonds. The third kappa shape index (κ3) is 8.13. The molecule has 3 rings (SSSR count). The van der Waals surface area contributed by atoms with Crippen LogP contribution >= 0.6 is 11.6 Å². The minimum atomic E-state index is -0.701. The lowest BCUT2D eigenvalue weighted by atomic mass is 10.0. The van der Waals surface area contributed by atoms with Crippen LogP contribution in [-0.4, -0.2) is 35.4 Å². The van der Waals surface area contributed by atoms with E-state index in [1.165, 1.54) is 0 Å². The monoisotopic (exact) mass is 506 g/mol. The molecule has 2 atom stereocenters. The highest BCUT2D eigenvalue weighted by Crippen LogP contribution is 2.19. The van der Waals surface area contributed by atoms with Crippen molar-refractivity contribution in [3.8, 4) is 5.75 Å². The fraction of sp³-hybridized carbons (Fsp3) is 0.333. The minimum absolute atomic E-state index is 0.00484. The Kier molecular flexibility index (Phi) is 9.95. The highest BCUT2D eigenvalue weighted by molar-refractivity contribution is 6.30. The van der Waals surface area contributed by atoms with Crippen molar-refractivity contribution in [3.63, 3.8) is 0 Å². The molecule has 0 aromatic heterocycles. The molecule has 0 aliphatic rings. The van der Waals surface area contributed by atoms with Crippen LogP contribution in [0.2, 0.25) is 5.02 Å². The maximum Gasteiger partial charge on any atom is 0.261 e. The summed E-state index contributed by atoms with van der Waals surface area (Å²) in [5.41, 5.74) is 3.98. The standard InChI is InChI=1S/C30H35ClN2O3/c1-5-23(4)32-30(35)28(18-24-9-7-6-8-10-24)33(19-25-11-13-26(31)14-12-25)29(34)20-36-27-16-21(2)15-22(3)17-27/h6-17,23,28H,5,18-20H2,1-4H3,(H,32,35)/t23-,28+/m1/s1. The van der Waals surface area contributed by atoms with Gasteiger partial charge in [0.1, 0.15) is 11.8 Å². The summed E-state index contributed by atoms with van der Waals surface area (Å²) >= 11 is 6.08. The van der Waals surface area contributed by atoms with E-state index >= 15 is 0 Å². The van der Waals surface area contributed by atoms with Gasteiger partial charge in [0.15, 0.2) is 6.61 Å². The summed E-state index contributed by atoms with van der Waals surface area (Å²) in [5.74, 6) is 0.196. The van der Waals surface area contributed by atoms with Gasteiger partial charge in [0.05, 0.1) is 0 Å². The highest BCUT2D eigenvalue weighted by Gasteiger charge is 2.31. The predicted octanol–water partition coefficient (Wildman–Crippen LogP) is 5.89. The molecule has 0 unspecified atom stereocenters. The smallest absolute Gasteiger partial charge is 0.261 e. The van der Waals surface area contributed by atoms with Crippen molar-refractivity contribution in [2.75, 3.05) is 6.61 Å². The Hall–Kier alpha value is -3.31. The predicted molar refractivity (Wildman–Crippen MR) is 145 cm³/mol. The molecule has 190 valence electrons. The summed E-state index contributed by atoms with van der Waals surface area (Å²) in [6, 6.07) is 22.2. The summed E-state index contributed by atoms with van der Waals surface area (Å²) in [6.45, 7) is 8.06. The molecule has 0 aliphatic heterocycles. The van der Waals surface area contributed by atoms with E-state index in [9.17, 15) is 9.59 Å². The van der Waals surface area contributed by atoms with E-state index in [-0.39, 0.29) is 31.0 Å². The highest BCUT2D eigenvalue weighted by atomic mass is 35.5. The van der Waals surface area contributed by atoms with Crippen LogP contribution < -0.4 is 10.1 Å². The first-order valence-electron chi connectivity index (χ1n) is 12.3. The molecule has 0 aliphatic carbocycles. The lowest BCUT2D eigenvalue weighted by molar-refractivity contribution is -0.143. The second kappa shape index (κ2) is 13.1.